The zero-order valence-corrected chi connectivity index (χ0v) is 8.14. The molecule has 1 aliphatic heterocycles. The Bertz CT molecular complexity index is 482. The molecule has 2 heterocycles. The van der Waals surface area contributed by atoms with Crippen molar-refractivity contribution in [3.8, 4) is 5.88 Å². The predicted molar refractivity (Wildman–Crippen MR) is 55.0 cm³/mol. The van der Waals surface area contributed by atoms with Crippen molar-refractivity contribution in [3.63, 3.8) is 0 Å². The summed E-state index contributed by atoms with van der Waals surface area (Å²) in [5.41, 5.74) is 1.19. The summed E-state index contributed by atoms with van der Waals surface area (Å²) in [7, 11) is 0. The van der Waals surface area contributed by atoms with Gasteiger partial charge in [-0.1, -0.05) is 0 Å². The number of rotatable bonds is 2. The number of carbonyl (C=O) groups excluding carboxylic acids is 1. The van der Waals surface area contributed by atoms with Crippen LogP contribution in [0, 0.1) is 0 Å². The molecule has 0 unspecified atom stereocenters. The van der Waals surface area contributed by atoms with E-state index in [2.05, 4.69) is 10.3 Å². The third kappa shape index (κ3) is 2.17. The summed E-state index contributed by atoms with van der Waals surface area (Å²) >= 11 is 0. The van der Waals surface area contributed by atoms with E-state index in [-0.39, 0.29) is 12.4 Å². The number of esters is 1. The zero-order valence-electron chi connectivity index (χ0n) is 8.14. The van der Waals surface area contributed by atoms with Crippen LogP contribution in [0.4, 0.5) is 5.69 Å². The molecule has 0 aromatic carbocycles. The highest BCUT2D eigenvalue weighted by Gasteiger charge is 2.17. The van der Waals surface area contributed by atoms with Crippen LogP contribution in [0.3, 0.4) is 0 Å². The van der Waals surface area contributed by atoms with Crippen LogP contribution in [-0.4, -0.2) is 28.6 Å². The van der Waals surface area contributed by atoms with Gasteiger partial charge in [0.05, 0.1) is 5.69 Å². The fourth-order valence-corrected chi connectivity index (χ4v) is 1.25. The van der Waals surface area contributed by atoms with Gasteiger partial charge in [0.25, 0.3) is 0 Å². The Hall–Kier alpha value is -2.37. The van der Waals surface area contributed by atoms with E-state index < -0.39 is 11.9 Å². The second kappa shape index (κ2) is 4.01. The van der Waals surface area contributed by atoms with E-state index in [9.17, 15) is 9.59 Å². The molecule has 0 bridgehead atoms. The average molecular weight is 220 g/mol. The summed E-state index contributed by atoms with van der Waals surface area (Å²) < 4.78 is 4.86. The summed E-state index contributed by atoms with van der Waals surface area (Å²) in [5, 5.41) is 11.3. The van der Waals surface area contributed by atoms with Crippen LogP contribution in [0.25, 0.3) is 6.08 Å². The van der Waals surface area contributed by atoms with Crippen LogP contribution in [0.15, 0.2) is 18.3 Å². The number of hydrogen-bond acceptors (Lipinski definition) is 5. The molecule has 6 nitrogen and oxygen atoms in total. The van der Waals surface area contributed by atoms with Crippen molar-refractivity contribution in [2.24, 2.45) is 0 Å². The summed E-state index contributed by atoms with van der Waals surface area (Å²) in [4.78, 5) is 25.1. The Morgan fingerprint density at radius 1 is 1.62 bits per heavy atom. The molecule has 1 aliphatic rings. The number of fused-ring (bicyclic) bond motifs is 1. The van der Waals surface area contributed by atoms with E-state index >= 15 is 0 Å². The number of pyridine rings is 1. The van der Waals surface area contributed by atoms with Gasteiger partial charge in [-0.25, -0.2) is 14.6 Å². The normalized spacial score (nSPS) is 14.1. The fraction of sp³-hybridized carbons (Fsp3) is 0.100. The highest BCUT2D eigenvalue weighted by atomic mass is 16.5. The summed E-state index contributed by atoms with van der Waals surface area (Å²) in [6, 6.07) is 1.66. The van der Waals surface area contributed by atoms with E-state index in [1.54, 1.807) is 6.07 Å². The van der Waals surface area contributed by atoms with Crippen molar-refractivity contribution < 1.29 is 19.4 Å². The minimum absolute atomic E-state index is 0.0841. The molecule has 0 fully saturated rings. The van der Waals surface area contributed by atoms with Crippen LogP contribution in [0.1, 0.15) is 5.56 Å². The minimum atomic E-state index is -1.03. The number of nitrogens with one attached hydrogen (secondary N) is 1. The molecule has 1 aromatic rings. The van der Waals surface area contributed by atoms with Crippen molar-refractivity contribution >= 4 is 23.7 Å². The average Bonchev–Trinajstić information content (AvgIpc) is 2.26. The molecule has 0 radical (unpaired) electrons. The first-order chi connectivity index (χ1) is 7.65. The number of carbonyl (C=O) groups is 2. The molecule has 2 rings (SSSR count). The van der Waals surface area contributed by atoms with E-state index in [0.29, 0.717) is 11.3 Å². The Morgan fingerprint density at radius 3 is 3.19 bits per heavy atom. The van der Waals surface area contributed by atoms with Crippen LogP contribution in [0.5, 0.6) is 5.88 Å². The largest absolute Gasteiger partial charge is 0.478 e. The number of aliphatic carboxylic acids is 1. The van der Waals surface area contributed by atoms with Gasteiger partial charge in [0, 0.05) is 12.3 Å². The molecule has 0 atom stereocenters. The SMILES string of the molecule is O=C(O)/C=C/c1cnc2c(c1)NCC(=O)O2. The standard InChI is InChI=1S/C10H8N2O4/c13-8(14)2-1-6-3-7-10(12-4-6)16-9(15)5-11-7/h1-4,11H,5H2,(H,13,14)/b2-1+. The van der Waals surface area contributed by atoms with Gasteiger partial charge in [-0.2, -0.15) is 0 Å². The Balaban J connectivity index is 2.26. The molecule has 0 spiro atoms. The predicted octanol–water partition coefficient (Wildman–Crippen LogP) is 0.510. The number of anilines is 1. The molecule has 0 aliphatic carbocycles. The van der Waals surface area contributed by atoms with Crippen LogP contribution in [0.2, 0.25) is 0 Å². The third-order valence-corrected chi connectivity index (χ3v) is 1.92. The number of nitrogens with zero attached hydrogens (tertiary/aromatic N) is 1. The second-order valence-corrected chi connectivity index (χ2v) is 3.12. The molecular weight excluding hydrogens is 212 g/mol. The lowest BCUT2D eigenvalue weighted by Crippen LogP contribution is -2.25. The van der Waals surface area contributed by atoms with Gasteiger partial charge in [-0.15, -0.1) is 0 Å². The Morgan fingerprint density at radius 2 is 2.44 bits per heavy atom. The lowest BCUT2D eigenvalue weighted by molar-refractivity contribution is -0.133. The van der Waals surface area contributed by atoms with Gasteiger partial charge < -0.3 is 15.2 Å². The number of aromatic nitrogens is 1. The van der Waals surface area contributed by atoms with E-state index in [0.717, 1.165) is 6.08 Å². The molecule has 2 N–H and O–H groups in total. The lowest BCUT2D eigenvalue weighted by atomic mass is 10.2. The zero-order chi connectivity index (χ0) is 11.5. The van der Waals surface area contributed by atoms with Gasteiger partial charge in [0.15, 0.2) is 0 Å². The van der Waals surface area contributed by atoms with Gasteiger partial charge in [0.2, 0.25) is 5.88 Å². The van der Waals surface area contributed by atoms with Crippen LogP contribution >= 0.6 is 0 Å². The fourth-order valence-electron chi connectivity index (χ4n) is 1.25. The smallest absolute Gasteiger partial charge is 0.332 e. The quantitative estimate of drug-likeness (QED) is 0.557. The maximum absolute atomic E-state index is 10.9. The maximum atomic E-state index is 10.9. The summed E-state index contributed by atoms with van der Waals surface area (Å²) in [5.74, 6) is -1.21. The maximum Gasteiger partial charge on any atom is 0.332 e. The first kappa shape index (κ1) is 10.2. The summed E-state index contributed by atoms with van der Waals surface area (Å²) in [6.07, 6.45) is 3.85. The van der Waals surface area contributed by atoms with Gasteiger partial charge in [-0.05, 0) is 17.7 Å². The Kier molecular flexibility index (Phi) is 2.55. The Labute approximate surface area is 90.6 Å². The van der Waals surface area contributed by atoms with Crippen molar-refractivity contribution in [2.45, 2.75) is 0 Å². The van der Waals surface area contributed by atoms with E-state index in [4.69, 9.17) is 9.84 Å². The second-order valence-electron chi connectivity index (χ2n) is 3.12. The van der Waals surface area contributed by atoms with Crippen LogP contribution < -0.4 is 10.1 Å². The number of carboxylic acid groups (broad SMARTS) is 1. The van der Waals surface area contributed by atoms with Gasteiger partial charge >= 0.3 is 11.9 Å². The number of ether oxygens (including phenoxy) is 1. The molecule has 0 saturated carbocycles. The number of carboxylic acids is 1. The molecule has 0 amide bonds. The molecule has 6 heteroatoms. The van der Waals surface area contributed by atoms with Gasteiger partial charge in [-0.3, -0.25) is 0 Å². The third-order valence-electron chi connectivity index (χ3n) is 1.92. The first-order valence-corrected chi connectivity index (χ1v) is 4.51. The van der Waals surface area contributed by atoms with Crippen LogP contribution in [-0.2, 0) is 9.59 Å². The molecule has 82 valence electrons. The molecule has 1 aromatic heterocycles. The topological polar surface area (TPSA) is 88.5 Å². The van der Waals surface area contributed by atoms with Crippen molar-refractivity contribution in [1.82, 2.24) is 4.98 Å². The minimum Gasteiger partial charge on any atom is -0.478 e. The first-order valence-electron chi connectivity index (χ1n) is 4.51. The van der Waals surface area contributed by atoms with Crippen molar-refractivity contribution in [3.05, 3.63) is 23.9 Å². The molecule has 0 saturated heterocycles. The lowest BCUT2D eigenvalue weighted by Gasteiger charge is -2.16. The van der Waals surface area contributed by atoms with E-state index in [1.807, 2.05) is 0 Å². The monoisotopic (exact) mass is 220 g/mol. The molecular formula is C10H8N2O4. The number of hydrogen-bond donors (Lipinski definition) is 2. The summed E-state index contributed by atoms with van der Waals surface area (Å²) in [6.45, 7) is 0.0841. The van der Waals surface area contributed by atoms with E-state index in [1.165, 1.54) is 12.3 Å². The molecule has 16 heavy (non-hydrogen) atoms. The highest BCUT2D eigenvalue weighted by Crippen LogP contribution is 2.25. The van der Waals surface area contributed by atoms with Gasteiger partial charge in [0.1, 0.15) is 6.54 Å². The van der Waals surface area contributed by atoms with Crippen molar-refractivity contribution in [1.29, 1.82) is 0 Å². The highest BCUT2D eigenvalue weighted by molar-refractivity contribution is 5.86. The van der Waals surface area contributed by atoms with Crippen molar-refractivity contribution in [2.75, 3.05) is 11.9 Å².